The van der Waals surface area contributed by atoms with Crippen molar-refractivity contribution in [2.24, 2.45) is 0 Å². The molecule has 0 atom stereocenters. The Labute approximate surface area is 131 Å². The number of hydrogen-bond donors (Lipinski definition) is 1. The fourth-order valence-electron chi connectivity index (χ4n) is 1.49. The highest BCUT2D eigenvalue weighted by Crippen LogP contribution is 2.22. The van der Waals surface area contributed by atoms with Crippen molar-refractivity contribution in [3.05, 3.63) is 28.2 Å². The summed E-state index contributed by atoms with van der Waals surface area (Å²) >= 11 is 3.15. The first-order valence-corrected chi connectivity index (χ1v) is 8.92. The minimum atomic E-state index is -3.87. The van der Waals surface area contributed by atoms with Crippen LogP contribution in [0.3, 0.4) is 0 Å². The van der Waals surface area contributed by atoms with Crippen molar-refractivity contribution >= 4 is 41.6 Å². The Hall–Kier alpha value is -1.03. The highest BCUT2D eigenvalue weighted by molar-refractivity contribution is 9.10. The van der Waals surface area contributed by atoms with Gasteiger partial charge >= 0.3 is 0 Å². The average molecular weight is 379 g/mol. The van der Waals surface area contributed by atoms with Crippen molar-refractivity contribution in [2.75, 3.05) is 6.54 Å². The Morgan fingerprint density at radius 1 is 1.35 bits per heavy atom. The van der Waals surface area contributed by atoms with Crippen LogP contribution in [0.15, 0.2) is 27.6 Å². The zero-order chi connectivity index (χ0) is 15.2. The van der Waals surface area contributed by atoms with Crippen LogP contribution < -0.4 is 5.32 Å². The fraction of sp³-hybridized carbons (Fsp3) is 0.308. The number of nitrogens with one attached hydrogen (secondary N) is 1. The summed E-state index contributed by atoms with van der Waals surface area (Å²) in [6, 6.07) is 4.11. The van der Waals surface area contributed by atoms with Gasteiger partial charge in [-0.1, -0.05) is 15.9 Å². The van der Waals surface area contributed by atoms with Gasteiger partial charge < -0.3 is 5.32 Å². The van der Waals surface area contributed by atoms with E-state index in [1.807, 2.05) is 0 Å². The van der Waals surface area contributed by atoms with Gasteiger partial charge in [-0.3, -0.25) is 4.79 Å². The lowest BCUT2D eigenvalue weighted by Crippen LogP contribution is -2.24. The van der Waals surface area contributed by atoms with E-state index in [2.05, 4.69) is 27.2 Å². The third-order valence-corrected chi connectivity index (χ3v) is 4.24. The molecule has 0 unspecified atom stereocenters. The van der Waals surface area contributed by atoms with Gasteiger partial charge in [0.05, 0.1) is 4.90 Å². The molecule has 0 aromatic heterocycles. The van der Waals surface area contributed by atoms with Crippen LogP contribution in [0.25, 0.3) is 0 Å². The van der Waals surface area contributed by atoms with E-state index in [-0.39, 0.29) is 16.4 Å². The molecule has 1 amide bonds. The molecule has 0 radical (unpaired) electrons. The molecule has 7 heteroatoms. The van der Waals surface area contributed by atoms with Crippen molar-refractivity contribution in [3.63, 3.8) is 0 Å². The van der Waals surface area contributed by atoms with Crippen LogP contribution in [0.5, 0.6) is 0 Å². The molecule has 108 valence electrons. The fourth-order valence-corrected chi connectivity index (χ4v) is 2.94. The Morgan fingerprint density at radius 3 is 2.65 bits per heavy atom. The number of carbonyl (C=O) groups is 1. The highest BCUT2D eigenvalue weighted by atomic mass is 79.9. The maximum absolute atomic E-state index is 11.9. The second-order valence-electron chi connectivity index (χ2n) is 4.03. The lowest BCUT2D eigenvalue weighted by molar-refractivity contribution is 0.0953. The van der Waals surface area contributed by atoms with Crippen molar-refractivity contribution in [3.8, 4) is 12.3 Å². The molecule has 20 heavy (non-hydrogen) atoms. The predicted octanol–water partition coefficient (Wildman–Crippen LogP) is 2.91. The monoisotopic (exact) mass is 377 g/mol. The summed E-state index contributed by atoms with van der Waals surface area (Å²) in [5.41, 5.74) is 0.232. The lowest BCUT2D eigenvalue weighted by atomic mass is 10.2. The highest BCUT2D eigenvalue weighted by Gasteiger charge is 2.15. The van der Waals surface area contributed by atoms with E-state index in [0.717, 1.165) is 12.8 Å². The molecular formula is C13H13BrClNO3S. The number of hydrogen-bond acceptors (Lipinski definition) is 3. The molecule has 0 saturated carbocycles. The maximum atomic E-state index is 11.9. The number of unbranched alkanes of at least 4 members (excludes halogenated alkanes) is 2. The molecule has 4 nitrogen and oxygen atoms in total. The number of benzene rings is 1. The molecule has 1 N–H and O–H groups in total. The minimum absolute atomic E-state index is 0.119. The summed E-state index contributed by atoms with van der Waals surface area (Å²) in [6.07, 6.45) is 7.39. The van der Waals surface area contributed by atoms with Crippen molar-refractivity contribution in [1.82, 2.24) is 5.32 Å². The summed E-state index contributed by atoms with van der Waals surface area (Å²) < 4.78 is 23.0. The largest absolute Gasteiger partial charge is 0.352 e. The number of carbonyl (C=O) groups excluding carboxylic acids is 1. The third-order valence-electron chi connectivity index (χ3n) is 2.45. The Bertz CT molecular complexity index is 638. The molecule has 0 aliphatic heterocycles. The van der Waals surface area contributed by atoms with E-state index in [9.17, 15) is 13.2 Å². The predicted molar refractivity (Wildman–Crippen MR) is 82.2 cm³/mol. The molecule has 0 bridgehead atoms. The van der Waals surface area contributed by atoms with Crippen LogP contribution in [0, 0.1) is 12.3 Å². The molecule has 0 aliphatic carbocycles. The summed E-state index contributed by atoms with van der Waals surface area (Å²) in [5, 5.41) is 2.70. The van der Waals surface area contributed by atoms with Crippen molar-refractivity contribution in [1.29, 1.82) is 0 Å². The van der Waals surface area contributed by atoms with E-state index in [1.165, 1.54) is 18.2 Å². The van der Waals surface area contributed by atoms with Gasteiger partial charge in [-0.15, -0.1) is 12.3 Å². The smallest absolute Gasteiger partial charge is 0.261 e. The van der Waals surface area contributed by atoms with E-state index in [0.29, 0.717) is 17.4 Å². The van der Waals surface area contributed by atoms with Crippen molar-refractivity contribution in [2.45, 2.75) is 24.2 Å². The number of amides is 1. The third kappa shape index (κ3) is 5.53. The van der Waals surface area contributed by atoms with Crippen molar-refractivity contribution < 1.29 is 13.2 Å². The van der Waals surface area contributed by atoms with E-state index in [1.54, 1.807) is 0 Å². The molecule has 1 aromatic carbocycles. The molecule has 1 aromatic rings. The molecule has 0 heterocycles. The molecule has 0 saturated heterocycles. The van der Waals surface area contributed by atoms with Gasteiger partial charge in [0.25, 0.3) is 15.0 Å². The van der Waals surface area contributed by atoms with Gasteiger partial charge in [0.1, 0.15) is 0 Å². The average Bonchev–Trinajstić information content (AvgIpc) is 2.36. The van der Waals surface area contributed by atoms with Gasteiger partial charge in [-0.2, -0.15) is 0 Å². The van der Waals surface area contributed by atoms with Crippen LogP contribution in [0.2, 0.25) is 0 Å². The first kappa shape index (κ1) is 17.0. The topological polar surface area (TPSA) is 63.2 Å². The van der Waals surface area contributed by atoms with Crippen LogP contribution in [-0.2, 0) is 9.05 Å². The first-order chi connectivity index (χ1) is 9.34. The quantitative estimate of drug-likeness (QED) is 0.470. The second kappa shape index (κ2) is 7.67. The number of halogens is 2. The molecule has 0 spiro atoms. The Morgan fingerprint density at radius 2 is 2.05 bits per heavy atom. The summed E-state index contributed by atoms with van der Waals surface area (Å²) in [6.45, 7) is 0.482. The van der Waals surface area contributed by atoms with E-state index in [4.69, 9.17) is 17.1 Å². The van der Waals surface area contributed by atoms with Gasteiger partial charge in [0.15, 0.2) is 0 Å². The zero-order valence-electron chi connectivity index (χ0n) is 10.5. The standard InChI is InChI=1S/C13H13BrClNO3S/c1-2-3-4-5-6-16-13(17)10-7-11(14)9-12(8-10)20(15,18)19/h1,7-9H,3-6H2,(H,16,17). The van der Waals surface area contributed by atoms with Crippen LogP contribution in [0.1, 0.15) is 29.6 Å². The van der Waals surface area contributed by atoms with Gasteiger partial charge in [-0.25, -0.2) is 8.42 Å². The zero-order valence-corrected chi connectivity index (χ0v) is 13.7. The maximum Gasteiger partial charge on any atom is 0.261 e. The normalized spacial score (nSPS) is 10.8. The Balaban J connectivity index is 2.74. The number of rotatable bonds is 6. The number of terminal acetylenes is 1. The molecular weight excluding hydrogens is 366 g/mol. The van der Waals surface area contributed by atoms with Gasteiger partial charge in [0.2, 0.25) is 0 Å². The van der Waals surface area contributed by atoms with Crippen LogP contribution in [0.4, 0.5) is 0 Å². The molecule has 0 fully saturated rings. The van der Waals surface area contributed by atoms with Crippen LogP contribution >= 0.6 is 26.6 Å². The summed E-state index contributed by atoms with van der Waals surface area (Å²) in [5.74, 6) is 2.17. The minimum Gasteiger partial charge on any atom is -0.352 e. The SMILES string of the molecule is C#CCCCCNC(=O)c1cc(Br)cc(S(=O)(=O)Cl)c1. The van der Waals surface area contributed by atoms with Gasteiger partial charge in [0, 0.05) is 33.7 Å². The van der Waals surface area contributed by atoms with Crippen LogP contribution in [-0.4, -0.2) is 20.9 Å². The Kier molecular flexibility index (Phi) is 6.53. The molecule has 0 aliphatic rings. The van der Waals surface area contributed by atoms with Gasteiger partial charge in [-0.05, 0) is 31.0 Å². The molecule has 1 rings (SSSR count). The summed E-state index contributed by atoms with van der Waals surface area (Å²) in [7, 11) is 1.40. The first-order valence-electron chi connectivity index (χ1n) is 5.81. The van der Waals surface area contributed by atoms with E-state index < -0.39 is 9.05 Å². The summed E-state index contributed by atoms with van der Waals surface area (Å²) in [4.78, 5) is 11.8. The van der Waals surface area contributed by atoms with E-state index >= 15 is 0 Å². The lowest BCUT2D eigenvalue weighted by Gasteiger charge is -2.06. The second-order valence-corrected chi connectivity index (χ2v) is 7.51.